The van der Waals surface area contributed by atoms with Gasteiger partial charge in [-0.15, -0.1) is 22.7 Å². The van der Waals surface area contributed by atoms with Crippen molar-refractivity contribution >= 4 is 118 Å². The van der Waals surface area contributed by atoms with Crippen molar-refractivity contribution in [2.45, 2.75) is 234 Å². The maximum absolute atomic E-state index is 13.1. The maximum atomic E-state index is 13.1. The van der Waals surface area contributed by atoms with Crippen molar-refractivity contribution in [3.8, 4) is 0 Å². The fourth-order valence-corrected chi connectivity index (χ4v) is 11.5. The summed E-state index contributed by atoms with van der Waals surface area (Å²) in [6.07, 6.45) is 19.9. The number of amides is 6. The van der Waals surface area contributed by atoms with Crippen LogP contribution < -0.4 is 31.9 Å². The third-order valence-electron chi connectivity index (χ3n) is 12.9. The van der Waals surface area contributed by atoms with E-state index in [1.54, 1.807) is 58.9 Å². The number of fused-ring (bicyclic) bond motifs is 2. The van der Waals surface area contributed by atoms with Gasteiger partial charge in [0.25, 0.3) is 23.6 Å². The number of alkyl carbamates (subject to hydrolysis) is 1. The van der Waals surface area contributed by atoms with Crippen LogP contribution in [0.3, 0.4) is 0 Å². The summed E-state index contributed by atoms with van der Waals surface area (Å²) in [7, 11) is -1.43. The summed E-state index contributed by atoms with van der Waals surface area (Å²) < 4.78 is 21.7. The smallest absolute Gasteiger partial charge is 0.408 e. The van der Waals surface area contributed by atoms with Gasteiger partial charge in [-0.1, -0.05) is 133 Å². The van der Waals surface area contributed by atoms with Crippen LogP contribution in [0.25, 0.3) is 0 Å². The molecule has 2 bridgehead atoms. The molecule has 6 amide bonds. The Morgan fingerprint density at radius 2 is 1.48 bits per heavy atom. The van der Waals surface area contributed by atoms with Gasteiger partial charge in [-0.25, -0.2) is 24.4 Å². The van der Waals surface area contributed by atoms with Crippen LogP contribution in [0.1, 0.15) is 196 Å². The molecule has 1 aliphatic heterocycles. The molecule has 0 radical (unpaired) electrons. The summed E-state index contributed by atoms with van der Waals surface area (Å²) in [5.41, 5.74) is -0.660. The third-order valence-corrected chi connectivity index (χ3v) is 18.3. The lowest BCUT2D eigenvalue weighted by Crippen LogP contribution is -2.44. The second-order valence-electron chi connectivity index (χ2n) is 23.7. The molecule has 3 rings (SSSR count). The summed E-state index contributed by atoms with van der Waals surface area (Å²) in [6.45, 7) is 22.5. The number of rotatable bonds is 33. The van der Waals surface area contributed by atoms with E-state index in [2.05, 4.69) is 75.4 Å². The van der Waals surface area contributed by atoms with Crippen LogP contribution in [0.15, 0.2) is 58.6 Å². The number of thioether (sulfide) groups is 2. The average Bonchev–Trinajstić information content (AvgIpc) is 1.84. The first-order valence-electron chi connectivity index (χ1n) is 31.5. The van der Waals surface area contributed by atoms with Crippen molar-refractivity contribution in [2.75, 3.05) is 18.1 Å². The Balaban J connectivity index is 0.000000655. The lowest BCUT2D eigenvalue weighted by Gasteiger charge is -2.19. The highest BCUT2D eigenvalue weighted by Crippen LogP contribution is 2.18. The van der Waals surface area contributed by atoms with Crippen LogP contribution in [-0.4, -0.2) is 130 Å². The molecule has 0 fully saturated rings. The van der Waals surface area contributed by atoms with E-state index < -0.39 is 85.6 Å². The predicted octanol–water partition coefficient (Wildman–Crippen LogP) is 10.8. The first kappa shape index (κ1) is 81.6. The van der Waals surface area contributed by atoms with Crippen molar-refractivity contribution < 1.29 is 71.7 Å². The molecular weight excluding hydrogens is 1280 g/mol. The van der Waals surface area contributed by atoms with Gasteiger partial charge in [0.05, 0.1) is 32.5 Å². The Morgan fingerprint density at radius 3 is 2.08 bits per heavy atom. The van der Waals surface area contributed by atoms with E-state index in [1.807, 2.05) is 0 Å². The van der Waals surface area contributed by atoms with Gasteiger partial charge in [-0.05, 0) is 92.3 Å². The standard InChI is InChI=1S/C37H60N4O9S2Si.C27H38N4O6S2/c1-10-12-13-14-15-19-32(43)51-21-17-16-18-27(23-31(42)48-20-22-53(7,8)9)49-35(46)26(3)39-33(44)28(11-2)41-34(45)29-25-52-30(40-29)24-38-36(47)50-37(4,5)6;1-4-6-7-8-9-13-24(33)38-14-11-10-12-19-15-22(32)28-16-23-30-21(17-39-23)26(35)31-20(5-2)25(34)29-18(3)27(36)37-19/h11,16,18,25-27H,10,12-15,17,19-24H2,1-9H3,(H,38,47)(H,39,44)(H,41,45);5,10,12,17-19H,4,6-9,11,13-16H2,1-3H3,(H,28,32)(H,29,34)(H,31,35)/b18-16+,28-11-;12-10+,20-5-/t26-,27+;18-,19+/m00/s1. The molecule has 0 aromatic carbocycles. The average molecular weight is 1380 g/mol. The number of allylic oxidation sites excluding steroid dienone is 4. The minimum absolute atomic E-state index is 0.0287. The van der Waals surface area contributed by atoms with E-state index >= 15 is 0 Å². The van der Waals surface area contributed by atoms with Gasteiger partial charge in [0.15, 0.2) is 10.2 Å². The molecule has 0 spiro atoms. The van der Waals surface area contributed by atoms with Crippen LogP contribution >= 0.6 is 46.2 Å². The van der Waals surface area contributed by atoms with Crippen molar-refractivity contribution in [2.24, 2.45) is 0 Å². The zero-order valence-corrected chi connectivity index (χ0v) is 59.9. The highest BCUT2D eigenvalue weighted by Gasteiger charge is 2.28. The molecule has 3 heterocycles. The third kappa shape index (κ3) is 37.3. The monoisotopic (exact) mass is 1370 g/mol. The molecule has 28 heteroatoms. The number of carbonyl (C=O) groups is 11. The number of nitrogens with one attached hydrogen (secondary N) is 6. The normalized spacial score (nSPS) is 16.3. The Hall–Kier alpha value is -6.49. The van der Waals surface area contributed by atoms with Crippen molar-refractivity contribution in [1.82, 2.24) is 41.9 Å². The molecule has 23 nitrogen and oxygen atoms in total. The fraction of sp³-hybridized carbons (Fsp3) is 0.609. The number of esters is 3. The highest BCUT2D eigenvalue weighted by atomic mass is 32.2. The zero-order chi connectivity index (χ0) is 68.7. The Bertz CT molecular complexity index is 2860. The minimum atomic E-state index is -1.43. The van der Waals surface area contributed by atoms with Crippen LogP contribution in [0.5, 0.6) is 0 Å². The van der Waals surface area contributed by atoms with Gasteiger partial charge in [0.2, 0.25) is 5.91 Å². The molecule has 0 saturated heterocycles. The zero-order valence-electron chi connectivity index (χ0n) is 55.6. The van der Waals surface area contributed by atoms with E-state index in [0.29, 0.717) is 47.2 Å². The van der Waals surface area contributed by atoms with Crippen molar-refractivity contribution in [3.63, 3.8) is 0 Å². The second-order valence-corrected chi connectivity index (χ2v) is 33.5. The molecule has 2 aromatic rings. The first-order valence-corrected chi connectivity index (χ1v) is 38.9. The SMILES string of the molecule is C/C=C(\NC(=O)c1csc(CNC(=O)OC(C)(C)C)n1)C(=O)N[C@@H](C)C(=O)O[C@H](/C=C/CCSC(=O)CCCCCCC)CC(=O)OCC[Si](C)(C)C.C/C=C1\NC(=O)c2csc(n2)CNC(=O)C[C@@H](/C=C/CCSC(=O)CCCCCCC)OC(=O)[C@H](C)NC1=O. The second kappa shape index (κ2) is 44.9. The summed E-state index contributed by atoms with van der Waals surface area (Å²) >= 11 is 4.90. The number of ether oxygens (including phenoxy) is 4. The number of cyclic esters (lactones) is 1. The van der Waals surface area contributed by atoms with Crippen molar-refractivity contribution in [3.05, 3.63) is 80.0 Å². The molecule has 2 aromatic heterocycles. The molecule has 92 heavy (non-hydrogen) atoms. The van der Waals surface area contributed by atoms with Gasteiger partial charge in [-0.3, -0.25) is 38.4 Å². The van der Waals surface area contributed by atoms with Gasteiger partial charge < -0.3 is 50.8 Å². The number of hydrogen-bond acceptors (Lipinski definition) is 21. The van der Waals surface area contributed by atoms with E-state index in [9.17, 15) is 52.7 Å². The molecule has 6 N–H and O–H groups in total. The van der Waals surface area contributed by atoms with Crippen molar-refractivity contribution in [1.29, 1.82) is 0 Å². The lowest BCUT2D eigenvalue weighted by molar-refractivity contribution is -0.155. The number of unbranched alkanes of at least 4 members (excludes halogenated alkanes) is 8. The van der Waals surface area contributed by atoms with Gasteiger partial charge in [0.1, 0.15) is 62.7 Å². The van der Waals surface area contributed by atoms with Crippen LogP contribution in [0, 0.1) is 0 Å². The lowest BCUT2D eigenvalue weighted by atomic mass is 10.1. The first-order chi connectivity index (χ1) is 43.6. The summed E-state index contributed by atoms with van der Waals surface area (Å²) in [5.74, 6) is -3.89. The predicted molar refractivity (Wildman–Crippen MR) is 364 cm³/mol. The van der Waals surface area contributed by atoms with Crippen LogP contribution in [0.2, 0.25) is 25.7 Å². The summed E-state index contributed by atoms with van der Waals surface area (Å²) in [4.78, 5) is 147. The molecule has 0 aliphatic carbocycles. The molecule has 0 saturated carbocycles. The highest BCUT2D eigenvalue weighted by molar-refractivity contribution is 8.13. The number of thiazole rings is 2. The molecule has 0 unspecified atom stereocenters. The van der Waals surface area contributed by atoms with E-state index in [0.717, 1.165) is 62.3 Å². The maximum Gasteiger partial charge on any atom is 0.408 e. The van der Waals surface area contributed by atoms with Gasteiger partial charge in [-0.2, -0.15) is 0 Å². The van der Waals surface area contributed by atoms with E-state index in [-0.39, 0.29) is 71.5 Å². The van der Waals surface area contributed by atoms with Gasteiger partial charge in [0, 0.05) is 43.2 Å². The number of hydrogen-bond donors (Lipinski definition) is 6. The Morgan fingerprint density at radius 1 is 0.848 bits per heavy atom. The minimum Gasteiger partial charge on any atom is -0.466 e. The molecule has 4 atom stereocenters. The molecule has 1 aliphatic rings. The summed E-state index contributed by atoms with van der Waals surface area (Å²) in [5, 5.41) is 19.6. The number of carbonyl (C=O) groups excluding carboxylic acids is 11. The number of nitrogens with zero attached hydrogens (tertiary/aromatic N) is 2. The largest absolute Gasteiger partial charge is 0.466 e. The fourth-order valence-electron chi connectivity index (χ4n) is 7.81. The Labute approximate surface area is 560 Å². The quantitative estimate of drug-likeness (QED) is 0.00966. The molecular formula is C64H98N8O15S4Si. The van der Waals surface area contributed by atoms with E-state index in [1.165, 1.54) is 90.9 Å². The number of aromatic nitrogens is 2. The van der Waals surface area contributed by atoms with Crippen LogP contribution in [0.4, 0.5) is 4.79 Å². The Kier molecular flexibility index (Phi) is 39.9. The van der Waals surface area contributed by atoms with E-state index in [4.69, 9.17) is 18.9 Å². The summed E-state index contributed by atoms with van der Waals surface area (Å²) in [6, 6.07) is -1.37. The van der Waals surface area contributed by atoms with Gasteiger partial charge >= 0.3 is 24.0 Å². The molecule has 512 valence electrons. The van der Waals surface area contributed by atoms with Crippen LogP contribution in [-0.2, 0) is 70.4 Å². The topological polar surface area (TPSA) is 323 Å².